The number of hydrogen-bond acceptors (Lipinski definition) is 5. The first-order chi connectivity index (χ1) is 12.7. The van der Waals surface area contributed by atoms with Crippen molar-refractivity contribution in [3.8, 4) is 5.88 Å². The second kappa shape index (κ2) is 8.92. The van der Waals surface area contributed by atoms with Gasteiger partial charge in [-0.05, 0) is 41.8 Å². The van der Waals surface area contributed by atoms with Crippen LogP contribution in [0.5, 0.6) is 5.88 Å². The quantitative estimate of drug-likeness (QED) is 0.515. The molecule has 0 aliphatic carbocycles. The molecule has 0 amide bonds. The fourth-order valence-electron chi connectivity index (χ4n) is 2.94. The van der Waals surface area contributed by atoms with Gasteiger partial charge in [-0.15, -0.1) is 0 Å². The lowest BCUT2D eigenvalue weighted by Crippen LogP contribution is -2.25. The molecule has 0 spiro atoms. The highest BCUT2D eigenvalue weighted by Gasteiger charge is 2.14. The number of fused-ring (bicyclic) bond motifs is 1. The minimum Gasteiger partial charge on any atom is -0.468 e. The molecule has 0 bridgehead atoms. The number of ether oxygens (including phenoxy) is 1. The van der Waals surface area contributed by atoms with E-state index < -0.39 is 0 Å². The molecule has 0 saturated carbocycles. The Bertz CT molecular complexity index is 850. The van der Waals surface area contributed by atoms with Crippen LogP contribution in [-0.4, -0.2) is 23.3 Å². The molecule has 26 heavy (non-hydrogen) atoms. The number of hydrogen-bond donors (Lipinski definition) is 3. The summed E-state index contributed by atoms with van der Waals surface area (Å²) < 4.78 is 6.20. The van der Waals surface area contributed by atoms with E-state index in [4.69, 9.17) is 10.5 Å². The molecule has 0 saturated heterocycles. The predicted molar refractivity (Wildman–Crippen MR) is 112 cm³/mol. The van der Waals surface area contributed by atoms with Crippen LogP contribution in [0.2, 0.25) is 0 Å². The van der Waals surface area contributed by atoms with Crippen LogP contribution in [0.25, 0.3) is 10.8 Å². The Morgan fingerprint density at radius 3 is 2.77 bits per heavy atom. The van der Waals surface area contributed by atoms with E-state index in [-0.39, 0.29) is 12.1 Å². The second-order valence-electron chi connectivity index (χ2n) is 6.34. The summed E-state index contributed by atoms with van der Waals surface area (Å²) in [4.78, 5) is 4.41. The third kappa shape index (κ3) is 4.48. The molecule has 4 nitrogen and oxygen atoms in total. The molecule has 5 heteroatoms. The molecular formula is C21H25N3OS. The van der Waals surface area contributed by atoms with Crippen LogP contribution in [0.3, 0.4) is 0 Å². The number of nitrogens with two attached hydrogens (primary N) is 1. The molecule has 3 N–H and O–H groups in total. The number of benzene rings is 2. The Kier molecular flexibility index (Phi) is 6.36. The summed E-state index contributed by atoms with van der Waals surface area (Å²) in [7, 11) is 0. The molecule has 2 unspecified atom stereocenters. The fourth-order valence-corrected chi connectivity index (χ4v) is 3.12. The largest absolute Gasteiger partial charge is 0.468 e. The number of nitrogens with one attached hydrogen (secondary N) is 1. The Morgan fingerprint density at radius 2 is 1.92 bits per heavy atom. The highest BCUT2D eigenvalue weighted by molar-refractivity contribution is 7.80. The fraction of sp³-hybridized carbons (Fsp3) is 0.286. The van der Waals surface area contributed by atoms with Crippen molar-refractivity contribution in [3.05, 3.63) is 66.4 Å². The standard InChI is InChI=1S/C21H25N3OS/c1-15(18-9-4-7-16-6-2-3-8-19(16)18)25-21-20(10-5-12-24-21)23-13-11-17(22)14-26/h2-10,12,15,17,23,26H,11,13-14,22H2,1H3. The summed E-state index contributed by atoms with van der Waals surface area (Å²) in [6.45, 7) is 2.81. The number of anilines is 1. The van der Waals surface area contributed by atoms with Gasteiger partial charge < -0.3 is 15.8 Å². The Hall–Kier alpha value is -2.24. The molecule has 0 fully saturated rings. The predicted octanol–water partition coefficient (Wildman–Crippen LogP) is 4.43. The molecule has 3 aromatic rings. The molecule has 1 heterocycles. The number of nitrogens with zero attached hydrogens (tertiary/aromatic N) is 1. The molecule has 0 aliphatic heterocycles. The van der Waals surface area contributed by atoms with Crippen molar-refractivity contribution in [3.63, 3.8) is 0 Å². The van der Waals surface area contributed by atoms with Crippen molar-refractivity contribution in [2.45, 2.75) is 25.5 Å². The van der Waals surface area contributed by atoms with Crippen molar-refractivity contribution in [2.24, 2.45) is 5.73 Å². The second-order valence-corrected chi connectivity index (χ2v) is 6.71. The average molecular weight is 368 g/mol. The van der Waals surface area contributed by atoms with Crippen LogP contribution in [-0.2, 0) is 0 Å². The van der Waals surface area contributed by atoms with Gasteiger partial charge in [0.1, 0.15) is 6.10 Å². The summed E-state index contributed by atoms with van der Waals surface area (Å²) in [6.07, 6.45) is 2.48. The van der Waals surface area contributed by atoms with Gasteiger partial charge in [-0.2, -0.15) is 12.6 Å². The SMILES string of the molecule is CC(Oc1ncccc1NCCC(N)CS)c1cccc2ccccc12. The lowest BCUT2D eigenvalue weighted by atomic mass is 10.0. The molecular weight excluding hydrogens is 342 g/mol. The normalized spacial score (nSPS) is 13.3. The number of aromatic nitrogens is 1. The summed E-state index contributed by atoms with van der Waals surface area (Å²) in [5, 5.41) is 5.78. The van der Waals surface area contributed by atoms with Gasteiger partial charge >= 0.3 is 0 Å². The van der Waals surface area contributed by atoms with Gasteiger partial charge in [0, 0.05) is 24.5 Å². The summed E-state index contributed by atoms with van der Waals surface area (Å²) >= 11 is 4.22. The van der Waals surface area contributed by atoms with Gasteiger partial charge in [0.2, 0.25) is 5.88 Å². The third-order valence-electron chi connectivity index (χ3n) is 4.39. The number of rotatable bonds is 8. The van der Waals surface area contributed by atoms with Crippen LogP contribution >= 0.6 is 12.6 Å². The zero-order valence-corrected chi connectivity index (χ0v) is 15.8. The molecule has 136 valence electrons. The van der Waals surface area contributed by atoms with E-state index in [1.165, 1.54) is 10.8 Å². The van der Waals surface area contributed by atoms with E-state index in [1.807, 2.05) is 18.2 Å². The number of thiol groups is 1. The van der Waals surface area contributed by atoms with Gasteiger partial charge in [-0.25, -0.2) is 4.98 Å². The van der Waals surface area contributed by atoms with Crippen LogP contribution in [0, 0.1) is 0 Å². The van der Waals surface area contributed by atoms with Crippen molar-refractivity contribution in [1.29, 1.82) is 0 Å². The van der Waals surface area contributed by atoms with Crippen molar-refractivity contribution >= 4 is 29.1 Å². The lowest BCUT2D eigenvalue weighted by Gasteiger charge is -2.19. The zero-order valence-electron chi connectivity index (χ0n) is 14.9. The van der Waals surface area contributed by atoms with Crippen molar-refractivity contribution in [1.82, 2.24) is 4.98 Å². The highest BCUT2D eigenvalue weighted by Crippen LogP contribution is 2.30. The van der Waals surface area contributed by atoms with Crippen LogP contribution in [0.4, 0.5) is 5.69 Å². The summed E-state index contributed by atoms with van der Waals surface area (Å²) in [5.41, 5.74) is 7.95. The molecule has 0 aliphatic rings. The minimum atomic E-state index is -0.115. The molecule has 1 aromatic heterocycles. The summed E-state index contributed by atoms with van der Waals surface area (Å²) in [6, 6.07) is 18.6. The van der Waals surface area contributed by atoms with E-state index >= 15 is 0 Å². The smallest absolute Gasteiger partial charge is 0.237 e. The zero-order chi connectivity index (χ0) is 18.4. The van der Waals surface area contributed by atoms with E-state index in [2.05, 4.69) is 66.3 Å². The molecule has 0 radical (unpaired) electrons. The number of pyridine rings is 1. The van der Waals surface area contributed by atoms with E-state index in [0.717, 1.165) is 24.2 Å². The first-order valence-electron chi connectivity index (χ1n) is 8.88. The van der Waals surface area contributed by atoms with Gasteiger partial charge in [0.25, 0.3) is 0 Å². The van der Waals surface area contributed by atoms with Gasteiger partial charge in [-0.1, -0.05) is 42.5 Å². The van der Waals surface area contributed by atoms with Crippen molar-refractivity contribution < 1.29 is 4.74 Å². The van der Waals surface area contributed by atoms with Crippen LogP contribution in [0.1, 0.15) is 25.0 Å². The van der Waals surface area contributed by atoms with E-state index in [1.54, 1.807) is 6.20 Å². The maximum atomic E-state index is 6.20. The maximum Gasteiger partial charge on any atom is 0.237 e. The van der Waals surface area contributed by atoms with Gasteiger partial charge in [0.15, 0.2) is 0 Å². The lowest BCUT2D eigenvalue weighted by molar-refractivity contribution is 0.220. The Morgan fingerprint density at radius 1 is 1.12 bits per heavy atom. The first-order valence-corrected chi connectivity index (χ1v) is 9.52. The van der Waals surface area contributed by atoms with Crippen LogP contribution < -0.4 is 15.8 Å². The Balaban J connectivity index is 1.76. The Labute approximate surface area is 160 Å². The molecule has 3 rings (SSSR count). The van der Waals surface area contributed by atoms with E-state index in [0.29, 0.717) is 11.6 Å². The van der Waals surface area contributed by atoms with Gasteiger partial charge in [0.05, 0.1) is 5.69 Å². The molecule has 2 atom stereocenters. The third-order valence-corrected chi connectivity index (χ3v) is 4.86. The van der Waals surface area contributed by atoms with Gasteiger partial charge in [-0.3, -0.25) is 0 Å². The minimum absolute atomic E-state index is 0.0847. The highest BCUT2D eigenvalue weighted by atomic mass is 32.1. The van der Waals surface area contributed by atoms with Crippen molar-refractivity contribution in [2.75, 3.05) is 17.6 Å². The maximum absolute atomic E-state index is 6.20. The topological polar surface area (TPSA) is 60.2 Å². The first kappa shape index (κ1) is 18.5. The van der Waals surface area contributed by atoms with E-state index in [9.17, 15) is 0 Å². The average Bonchev–Trinajstić information content (AvgIpc) is 2.68. The van der Waals surface area contributed by atoms with Crippen LogP contribution in [0.15, 0.2) is 60.8 Å². The monoisotopic (exact) mass is 367 g/mol. The summed E-state index contributed by atoms with van der Waals surface area (Å²) in [5.74, 6) is 1.28. The molecule has 2 aromatic carbocycles.